The van der Waals surface area contributed by atoms with Crippen molar-refractivity contribution < 1.29 is 33.0 Å². The van der Waals surface area contributed by atoms with Crippen LogP contribution in [0, 0.1) is 5.92 Å². The van der Waals surface area contributed by atoms with Gasteiger partial charge in [-0.1, -0.05) is 55.0 Å². The van der Waals surface area contributed by atoms with Crippen LogP contribution in [0.15, 0.2) is 48.5 Å². The molecular weight excluding hydrogens is 446 g/mol. The maximum Gasteiger partial charge on any atom is 0.407 e. The number of ether oxygens (including phenoxy) is 1. The van der Waals surface area contributed by atoms with Crippen LogP contribution in [0.3, 0.4) is 0 Å². The summed E-state index contributed by atoms with van der Waals surface area (Å²) in [5.41, 5.74) is 4.05. The van der Waals surface area contributed by atoms with Crippen molar-refractivity contribution in [2.45, 2.75) is 43.6 Å². The van der Waals surface area contributed by atoms with Gasteiger partial charge in [0.15, 0.2) is 0 Å². The lowest BCUT2D eigenvalue weighted by atomic mass is 9.78. The molecule has 180 valence electrons. The summed E-state index contributed by atoms with van der Waals surface area (Å²) in [4.78, 5) is 35.3. The smallest absolute Gasteiger partial charge is 0.407 e. The first-order chi connectivity index (χ1) is 16.3. The number of carbonyl (C=O) groups excluding carboxylic acids is 2. The lowest BCUT2D eigenvalue weighted by Gasteiger charge is -2.34. The van der Waals surface area contributed by atoms with E-state index in [4.69, 9.17) is 9.84 Å². The lowest BCUT2D eigenvalue weighted by molar-refractivity contribution is -0.147. The number of rotatable bonds is 9. The number of carboxylic acids is 1. The van der Waals surface area contributed by atoms with E-state index in [2.05, 4.69) is 5.32 Å². The van der Waals surface area contributed by atoms with Crippen LogP contribution < -0.4 is 10.6 Å². The Morgan fingerprint density at radius 1 is 1.03 bits per heavy atom. The van der Waals surface area contributed by atoms with E-state index in [1.807, 2.05) is 53.8 Å². The number of hydrogen-bond donors (Lipinski definition) is 3. The van der Waals surface area contributed by atoms with E-state index in [9.17, 15) is 23.2 Å². The predicted octanol–water partition coefficient (Wildman–Crippen LogP) is 3.92. The molecular formula is C25H26F2N2O5. The number of aliphatic carboxylic acids is 1. The highest BCUT2D eigenvalue weighted by Gasteiger charge is 2.42. The second-order valence-electron chi connectivity index (χ2n) is 8.75. The molecule has 4 rings (SSSR count). The molecule has 0 bridgehead atoms. The summed E-state index contributed by atoms with van der Waals surface area (Å²) >= 11 is 0. The average Bonchev–Trinajstić information content (AvgIpc) is 3.08. The van der Waals surface area contributed by atoms with Gasteiger partial charge in [0, 0.05) is 12.0 Å². The number of amides is 2. The first-order valence-corrected chi connectivity index (χ1v) is 11.3. The summed E-state index contributed by atoms with van der Waals surface area (Å²) in [5.74, 6) is -7.04. The van der Waals surface area contributed by atoms with E-state index in [1.54, 1.807) is 0 Å². The maximum atomic E-state index is 14.4. The fraction of sp³-hybridized carbons (Fsp3) is 0.400. The molecule has 0 saturated heterocycles. The van der Waals surface area contributed by atoms with E-state index in [0.29, 0.717) is 12.8 Å². The normalized spacial score (nSPS) is 16.1. The van der Waals surface area contributed by atoms with Crippen LogP contribution in [0.2, 0.25) is 0 Å². The highest BCUT2D eigenvalue weighted by Crippen LogP contribution is 2.44. The molecule has 0 aliphatic heterocycles. The van der Waals surface area contributed by atoms with Gasteiger partial charge in [-0.2, -0.15) is 8.78 Å². The van der Waals surface area contributed by atoms with Crippen LogP contribution in [0.1, 0.15) is 42.7 Å². The van der Waals surface area contributed by atoms with Crippen LogP contribution in [-0.2, 0) is 14.3 Å². The van der Waals surface area contributed by atoms with Crippen LogP contribution in [0.4, 0.5) is 13.6 Å². The minimum Gasteiger partial charge on any atom is -0.481 e. The number of fused-ring (bicyclic) bond motifs is 3. The van der Waals surface area contributed by atoms with Crippen molar-refractivity contribution in [1.82, 2.24) is 10.6 Å². The zero-order valence-corrected chi connectivity index (χ0v) is 18.4. The van der Waals surface area contributed by atoms with Gasteiger partial charge >= 0.3 is 18.0 Å². The second kappa shape index (κ2) is 9.79. The minimum atomic E-state index is -3.91. The van der Waals surface area contributed by atoms with Gasteiger partial charge in [0.25, 0.3) is 5.91 Å². The largest absolute Gasteiger partial charge is 0.481 e. The van der Waals surface area contributed by atoms with Gasteiger partial charge in [-0.3, -0.25) is 9.59 Å². The van der Waals surface area contributed by atoms with E-state index < -0.39 is 42.9 Å². The molecule has 9 heteroatoms. The van der Waals surface area contributed by atoms with Crippen molar-refractivity contribution in [2.75, 3.05) is 13.2 Å². The lowest BCUT2D eigenvalue weighted by Crippen LogP contribution is -2.53. The number of carboxylic acid groups (broad SMARTS) is 1. The molecule has 2 aliphatic carbocycles. The van der Waals surface area contributed by atoms with Gasteiger partial charge in [-0.15, -0.1) is 0 Å². The van der Waals surface area contributed by atoms with E-state index in [1.165, 1.54) is 0 Å². The summed E-state index contributed by atoms with van der Waals surface area (Å²) in [6.07, 6.45) is 0.752. The Morgan fingerprint density at radius 2 is 1.62 bits per heavy atom. The van der Waals surface area contributed by atoms with Crippen molar-refractivity contribution in [3.05, 3.63) is 59.7 Å². The molecule has 1 fully saturated rings. The number of nitrogens with one attached hydrogen (secondary N) is 2. The van der Waals surface area contributed by atoms with Crippen molar-refractivity contribution >= 4 is 18.0 Å². The van der Waals surface area contributed by atoms with Crippen LogP contribution in [0.25, 0.3) is 11.1 Å². The Labute approximate surface area is 195 Å². The SMILES string of the molecule is O=C(O)CC(NC(=O)C(F)(F)CNC(=O)OCC1c2ccccc2-c2ccccc21)C1CCC1. The molecule has 0 spiro atoms. The Morgan fingerprint density at radius 3 is 2.15 bits per heavy atom. The number of hydrogen-bond acceptors (Lipinski definition) is 4. The predicted molar refractivity (Wildman–Crippen MR) is 120 cm³/mol. The topological polar surface area (TPSA) is 105 Å². The van der Waals surface area contributed by atoms with E-state index in [-0.39, 0.29) is 18.4 Å². The molecule has 0 heterocycles. The summed E-state index contributed by atoms with van der Waals surface area (Å²) in [7, 11) is 0. The van der Waals surface area contributed by atoms with Crippen LogP contribution >= 0.6 is 0 Å². The summed E-state index contributed by atoms with van der Waals surface area (Å²) in [6, 6.07) is 14.6. The molecule has 0 aromatic heterocycles. The molecule has 1 saturated carbocycles. The minimum absolute atomic E-state index is 0.0417. The Hall–Kier alpha value is -3.49. The fourth-order valence-corrected chi connectivity index (χ4v) is 4.55. The average molecular weight is 472 g/mol. The highest BCUT2D eigenvalue weighted by molar-refractivity contribution is 5.85. The van der Waals surface area contributed by atoms with Crippen molar-refractivity contribution in [1.29, 1.82) is 0 Å². The zero-order chi connectivity index (χ0) is 24.3. The van der Waals surface area contributed by atoms with Crippen LogP contribution in [0.5, 0.6) is 0 Å². The molecule has 0 radical (unpaired) electrons. The first kappa shape index (κ1) is 23.7. The summed E-state index contributed by atoms with van der Waals surface area (Å²) < 4.78 is 34.0. The number of carbonyl (C=O) groups is 3. The molecule has 3 N–H and O–H groups in total. The van der Waals surface area contributed by atoms with E-state index in [0.717, 1.165) is 28.7 Å². The molecule has 2 aromatic carbocycles. The Bertz CT molecular complexity index is 1040. The van der Waals surface area contributed by atoms with Crippen molar-refractivity contribution in [3.63, 3.8) is 0 Å². The molecule has 2 aromatic rings. The standard InChI is InChI=1S/C25H26F2N2O5/c26-25(27,23(32)29-21(12-22(30)31)15-6-5-7-15)14-28-24(33)34-13-20-18-10-3-1-8-16(18)17-9-2-4-11-19(17)20/h1-4,8-11,15,20-21H,5-7,12-14H2,(H,28,33)(H,29,32)(H,30,31). The Kier molecular flexibility index (Phi) is 6.81. The number of halogens is 2. The van der Waals surface area contributed by atoms with Gasteiger partial charge in [-0.25, -0.2) is 4.79 Å². The molecule has 7 nitrogen and oxygen atoms in total. The van der Waals surface area contributed by atoms with Crippen molar-refractivity contribution in [3.8, 4) is 11.1 Å². The maximum absolute atomic E-state index is 14.4. The van der Waals surface area contributed by atoms with E-state index >= 15 is 0 Å². The summed E-state index contributed by atoms with van der Waals surface area (Å²) in [5, 5.41) is 13.1. The summed E-state index contributed by atoms with van der Waals surface area (Å²) in [6.45, 7) is -1.29. The second-order valence-corrected chi connectivity index (χ2v) is 8.75. The third-order valence-corrected chi connectivity index (χ3v) is 6.56. The molecule has 1 atom stereocenters. The molecule has 2 aliphatic rings. The van der Waals surface area contributed by atoms with Gasteiger partial charge in [0.2, 0.25) is 0 Å². The van der Waals surface area contributed by atoms with Gasteiger partial charge in [-0.05, 0) is 41.0 Å². The van der Waals surface area contributed by atoms with Crippen molar-refractivity contribution in [2.24, 2.45) is 5.92 Å². The molecule has 2 amide bonds. The van der Waals surface area contributed by atoms with Gasteiger partial charge in [0.05, 0.1) is 13.0 Å². The molecule has 34 heavy (non-hydrogen) atoms. The first-order valence-electron chi connectivity index (χ1n) is 11.3. The number of alkyl halides is 2. The third kappa shape index (κ3) is 5.03. The van der Waals surface area contributed by atoms with Gasteiger partial charge in [0.1, 0.15) is 6.61 Å². The number of benzene rings is 2. The zero-order valence-electron chi connectivity index (χ0n) is 18.4. The Balaban J connectivity index is 1.31. The highest BCUT2D eigenvalue weighted by atomic mass is 19.3. The monoisotopic (exact) mass is 472 g/mol. The van der Waals surface area contributed by atoms with Crippen LogP contribution in [-0.4, -0.2) is 48.2 Å². The molecule has 1 unspecified atom stereocenters. The van der Waals surface area contributed by atoms with Gasteiger partial charge < -0.3 is 20.5 Å². The number of alkyl carbamates (subject to hydrolysis) is 1. The third-order valence-electron chi connectivity index (χ3n) is 6.56. The quantitative estimate of drug-likeness (QED) is 0.513. The fourth-order valence-electron chi connectivity index (χ4n) is 4.55.